The Kier molecular flexibility index (Phi) is 4.01. The topological polar surface area (TPSA) is 37.4 Å². The summed E-state index contributed by atoms with van der Waals surface area (Å²) in [5, 5.41) is 0.532. The summed E-state index contributed by atoms with van der Waals surface area (Å²) in [4.78, 5) is 29.3. The number of hydrogen-bond donors (Lipinski definition) is 0. The average Bonchev–Trinajstić information content (AvgIpc) is 3.05. The quantitative estimate of drug-likeness (QED) is 0.270. The molecular weight excluding hydrogens is 542 g/mol. The molecule has 4 aliphatic rings. The van der Waals surface area contributed by atoms with E-state index < -0.39 is 20.5 Å². The first-order chi connectivity index (χ1) is 14.8. The number of halogens is 3. The lowest BCUT2D eigenvalue weighted by Gasteiger charge is -2.55. The van der Waals surface area contributed by atoms with Gasteiger partial charge in [0.25, 0.3) is 0 Å². The second kappa shape index (κ2) is 6.31. The lowest BCUT2D eigenvalue weighted by molar-refractivity contribution is -0.122. The van der Waals surface area contributed by atoms with Gasteiger partial charge in [0.05, 0.1) is 26.2 Å². The molecule has 1 aliphatic heterocycles. The molecule has 3 nitrogen and oxygen atoms in total. The Morgan fingerprint density at radius 2 is 1.16 bits per heavy atom. The molecule has 3 aliphatic carbocycles. The highest BCUT2D eigenvalue weighted by molar-refractivity contribution is 9.10. The van der Waals surface area contributed by atoms with E-state index in [1.807, 2.05) is 31.2 Å². The van der Waals surface area contributed by atoms with Crippen LogP contribution in [-0.4, -0.2) is 11.8 Å². The smallest absolute Gasteiger partial charge is 0.239 e. The molecule has 2 bridgehead atoms. The Morgan fingerprint density at radius 3 is 1.58 bits per heavy atom. The molecular formula is C25H16Br2ClNO2. The van der Waals surface area contributed by atoms with Crippen molar-refractivity contribution in [3.05, 3.63) is 99.6 Å². The molecule has 3 aromatic rings. The number of nitrogens with zero attached hydrogens (tertiary/aromatic N) is 1. The lowest BCUT2D eigenvalue weighted by Crippen LogP contribution is -2.56. The maximum atomic E-state index is 14.0. The van der Waals surface area contributed by atoms with Crippen molar-refractivity contribution in [3.8, 4) is 0 Å². The largest absolute Gasteiger partial charge is 0.274 e. The molecule has 0 saturated carbocycles. The standard InChI is InChI=1S/C25H16Br2ClNO2/c1-13-18(28)11-6-12-19(13)29-22(30)20-21(23(29)31)25(27)15-8-3-2-7-14(15)24(20,26)16-9-4-5-10-17(16)25/h2-12,20-21H,1H3. The normalized spacial score (nSPS) is 30.3. The van der Waals surface area contributed by atoms with Gasteiger partial charge < -0.3 is 0 Å². The Bertz CT molecular complexity index is 1200. The van der Waals surface area contributed by atoms with Crippen LogP contribution in [0.2, 0.25) is 5.02 Å². The zero-order chi connectivity index (χ0) is 21.7. The maximum Gasteiger partial charge on any atom is 0.239 e. The number of imide groups is 1. The number of benzene rings is 3. The zero-order valence-corrected chi connectivity index (χ0v) is 20.3. The Morgan fingerprint density at radius 1 is 0.742 bits per heavy atom. The number of anilines is 1. The first-order valence-corrected chi connectivity index (χ1v) is 12.0. The van der Waals surface area contributed by atoms with Crippen molar-refractivity contribution in [2.24, 2.45) is 11.8 Å². The van der Waals surface area contributed by atoms with Gasteiger partial charge in [-0.1, -0.05) is 98.1 Å². The first-order valence-electron chi connectivity index (χ1n) is 10.0. The predicted octanol–water partition coefficient (Wildman–Crippen LogP) is 6.06. The molecule has 7 rings (SSSR count). The Hall–Kier alpha value is -1.95. The summed E-state index contributed by atoms with van der Waals surface area (Å²) in [7, 11) is 0. The number of amides is 2. The van der Waals surface area contributed by atoms with Gasteiger partial charge in [0.1, 0.15) is 0 Å². The van der Waals surface area contributed by atoms with Gasteiger partial charge in [-0.3, -0.25) is 9.59 Å². The van der Waals surface area contributed by atoms with E-state index in [1.54, 1.807) is 18.2 Å². The van der Waals surface area contributed by atoms with E-state index in [4.69, 9.17) is 11.6 Å². The second-order valence-electron chi connectivity index (χ2n) is 8.37. The molecule has 0 radical (unpaired) electrons. The zero-order valence-electron chi connectivity index (χ0n) is 16.4. The second-order valence-corrected chi connectivity index (χ2v) is 11.3. The van der Waals surface area contributed by atoms with E-state index in [1.165, 1.54) is 4.90 Å². The third kappa shape index (κ3) is 2.15. The molecule has 6 heteroatoms. The van der Waals surface area contributed by atoms with Crippen LogP contribution >= 0.6 is 43.5 Å². The highest BCUT2D eigenvalue weighted by Crippen LogP contribution is 2.70. The van der Waals surface area contributed by atoms with E-state index in [2.05, 4.69) is 56.1 Å². The predicted molar refractivity (Wildman–Crippen MR) is 128 cm³/mol. The van der Waals surface area contributed by atoms with Crippen LogP contribution in [0.25, 0.3) is 0 Å². The fourth-order valence-electron chi connectivity index (χ4n) is 5.74. The van der Waals surface area contributed by atoms with Gasteiger partial charge in [0.2, 0.25) is 11.8 Å². The summed E-state index contributed by atoms with van der Waals surface area (Å²) in [5.41, 5.74) is 5.38. The monoisotopic (exact) mass is 555 g/mol. The van der Waals surface area contributed by atoms with E-state index in [0.717, 1.165) is 27.8 Å². The molecule has 2 unspecified atom stereocenters. The minimum absolute atomic E-state index is 0.204. The number of alkyl halides is 2. The van der Waals surface area contributed by atoms with Crippen LogP contribution < -0.4 is 4.90 Å². The van der Waals surface area contributed by atoms with E-state index in [9.17, 15) is 9.59 Å². The van der Waals surface area contributed by atoms with Crippen molar-refractivity contribution in [3.63, 3.8) is 0 Å². The van der Waals surface area contributed by atoms with Crippen LogP contribution in [0.4, 0.5) is 5.69 Å². The van der Waals surface area contributed by atoms with E-state index in [-0.39, 0.29) is 11.8 Å². The molecule has 2 amide bonds. The van der Waals surface area contributed by atoms with Crippen LogP contribution in [0.5, 0.6) is 0 Å². The molecule has 31 heavy (non-hydrogen) atoms. The maximum absolute atomic E-state index is 14.0. The lowest BCUT2D eigenvalue weighted by atomic mass is 9.54. The van der Waals surface area contributed by atoms with Gasteiger partial charge >= 0.3 is 0 Å². The highest BCUT2D eigenvalue weighted by Gasteiger charge is 2.72. The molecule has 3 aromatic carbocycles. The third-order valence-electron chi connectivity index (χ3n) is 7.07. The summed E-state index contributed by atoms with van der Waals surface area (Å²) >= 11 is 14.4. The number of carbonyl (C=O) groups is 2. The fourth-order valence-corrected chi connectivity index (χ4v) is 8.22. The van der Waals surface area contributed by atoms with Crippen molar-refractivity contribution < 1.29 is 9.59 Å². The van der Waals surface area contributed by atoms with Crippen molar-refractivity contribution in [2.75, 3.05) is 4.90 Å². The molecule has 0 spiro atoms. The minimum atomic E-state index is -0.783. The molecule has 154 valence electrons. The van der Waals surface area contributed by atoms with Crippen LogP contribution in [0.15, 0.2) is 66.7 Å². The van der Waals surface area contributed by atoms with Crippen LogP contribution in [0.3, 0.4) is 0 Å². The molecule has 2 atom stereocenters. The summed E-state index contributed by atoms with van der Waals surface area (Å²) in [6, 6.07) is 21.5. The van der Waals surface area contributed by atoms with Crippen molar-refractivity contribution in [2.45, 2.75) is 15.6 Å². The Balaban J connectivity index is 1.67. The molecule has 0 aromatic heterocycles. The fraction of sp³-hybridized carbons (Fsp3) is 0.200. The van der Waals surface area contributed by atoms with Gasteiger partial charge in [0, 0.05) is 5.02 Å². The summed E-state index contributed by atoms with van der Waals surface area (Å²) in [5.74, 6) is -1.57. The molecule has 1 fully saturated rings. The van der Waals surface area contributed by atoms with Crippen LogP contribution in [0.1, 0.15) is 27.8 Å². The van der Waals surface area contributed by atoms with Crippen molar-refractivity contribution in [1.82, 2.24) is 0 Å². The third-order valence-corrected chi connectivity index (χ3v) is 10.2. The van der Waals surface area contributed by atoms with Crippen LogP contribution in [0, 0.1) is 18.8 Å². The molecule has 0 N–H and O–H groups in total. The van der Waals surface area contributed by atoms with Crippen molar-refractivity contribution in [1.29, 1.82) is 0 Å². The van der Waals surface area contributed by atoms with Gasteiger partial charge in [-0.05, 0) is 46.9 Å². The highest BCUT2D eigenvalue weighted by atomic mass is 79.9. The average molecular weight is 558 g/mol. The summed E-state index contributed by atoms with van der Waals surface area (Å²) in [6.45, 7) is 1.84. The summed E-state index contributed by atoms with van der Waals surface area (Å²) < 4.78 is -1.57. The minimum Gasteiger partial charge on any atom is -0.274 e. The van der Waals surface area contributed by atoms with Gasteiger partial charge in [-0.2, -0.15) is 0 Å². The van der Waals surface area contributed by atoms with Gasteiger partial charge in [0.15, 0.2) is 0 Å². The van der Waals surface area contributed by atoms with Crippen LogP contribution in [-0.2, 0) is 18.2 Å². The van der Waals surface area contributed by atoms with E-state index in [0.29, 0.717) is 10.7 Å². The summed E-state index contributed by atoms with van der Waals surface area (Å²) in [6.07, 6.45) is 0. The van der Waals surface area contributed by atoms with Gasteiger partial charge in [-0.15, -0.1) is 0 Å². The van der Waals surface area contributed by atoms with Gasteiger partial charge in [-0.25, -0.2) is 4.90 Å². The number of rotatable bonds is 1. The number of hydrogen-bond acceptors (Lipinski definition) is 2. The van der Waals surface area contributed by atoms with E-state index >= 15 is 0 Å². The SMILES string of the molecule is Cc1c(Cl)cccc1N1C(=O)C2C(C1=O)C1(Br)c3ccccc3C2(Br)c2ccccc21. The Labute approximate surface area is 201 Å². The number of carbonyl (C=O) groups excluding carboxylic acids is 2. The van der Waals surface area contributed by atoms with Crippen molar-refractivity contribution >= 4 is 61.0 Å². The molecule has 1 saturated heterocycles. The molecule has 1 heterocycles. The first kappa shape index (κ1) is 19.7.